The van der Waals surface area contributed by atoms with Crippen LogP contribution < -0.4 is 16.5 Å². The lowest BCUT2D eigenvalue weighted by Gasteiger charge is -2.26. The van der Waals surface area contributed by atoms with E-state index in [1.807, 2.05) is 5.48 Å². The van der Waals surface area contributed by atoms with Crippen LogP contribution in [0.3, 0.4) is 0 Å². The van der Waals surface area contributed by atoms with Crippen molar-refractivity contribution in [3.05, 3.63) is 0 Å². The molecule has 0 radical (unpaired) electrons. The summed E-state index contributed by atoms with van der Waals surface area (Å²) in [6, 6.07) is -1.76. The van der Waals surface area contributed by atoms with E-state index in [-0.39, 0.29) is 0 Å². The molecule has 0 heterocycles. The third-order valence-electron chi connectivity index (χ3n) is 4.13. The standard InChI is InChI=1S/C15H27N3O6/c1-9(15(22)23)17-12(19)8-24-18-14(21)13(20)11(16)7-10-5-3-2-4-6-10/h9-11,13,20H,2-8,16H2,1H3,(H,17,19)(H,18,21)(H,22,23)/t9-,11+,13?/m0/s1. The summed E-state index contributed by atoms with van der Waals surface area (Å²) in [5, 5.41) is 20.7. The topological polar surface area (TPSA) is 151 Å². The minimum absolute atomic E-state index is 0.417. The van der Waals surface area contributed by atoms with Gasteiger partial charge in [0.05, 0.1) is 0 Å². The Bertz CT molecular complexity index is 439. The lowest BCUT2D eigenvalue weighted by molar-refractivity contribution is -0.148. The first-order valence-electron chi connectivity index (χ1n) is 8.18. The molecule has 0 aromatic rings. The van der Waals surface area contributed by atoms with Gasteiger partial charge < -0.3 is 21.3 Å². The molecule has 1 aliphatic rings. The summed E-state index contributed by atoms with van der Waals surface area (Å²) in [5.41, 5.74) is 7.83. The fraction of sp³-hybridized carbons (Fsp3) is 0.800. The maximum absolute atomic E-state index is 11.7. The minimum Gasteiger partial charge on any atom is -0.480 e. The van der Waals surface area contributed by atoms with Gasteiger partial charge in [-0.2, -0.15) is 0 Å². The van der Waals surface area contributed by atoms with Gasteiger partial charge >= 0.3 is 5.97 Å². The number of hydroxylamine groups is 1. The second-order valence-electron chi connectivity index (χ2n) is 6.23. The summed E-state index contributed by atoms with van der Waals surface area (Å²) in [6.45, 7) is 0.737. The van der Waals surface area contributed by atoms with E-state index in [1.165, 1.54) is 13.3 Å². The number of hydrogen-bond acceptors (Lipinski definition) is 6. The van der Waals surface area contributed by atoms with Crippen LogP contribution >= 0.6 is 0 Å². The highest BCUT2D eigenvalue weighted by Crippen LogP contribution is 2.27. The third-order valence-corrected chi connectivity index (χ3v) is 4.13. The second-order valence-corrected chi connectivity index (χ2v) is 6.23. The number of aliphatic carboxylic acids is 1. The molecule has 0 aliphatic heterocycles. The van der Waals surface area contributed by atoms with E-state index in [0.717, 1.165) is 25.7 Å². The molecule has 0 bridgehead atoms. The molecule has 6 N–H and O–H groups in total. The number of hydrogen-bond donors (Lipinski definition) is 5. The van der Waals surface area contributed by atoms with Crippen molar-refractivity contribution in [2.75, 3.05) is 6.61 Å². The molecule has 24 heavy (non-hydrogen) atoms. The molecule has 9 heteroatoms. The van der Waals surface area contributed by atoms with Crippen LogP contribution in [-0.2, 0) is 19.2 Å². The molecule has 0 aromatic heterocycles. The number of carboxylic acid groups (broad SMARTS) is 1. The normalized spacial score (nSPS) is 19.1. The number of rotatable bonds is 9. The summed E-state index contributed by atoms with van der Waals surface area (Å²) in [4.78, 5) is 38.4. The van der Waals surface area contributed by atoms with Crippen molar-refractivity contribution in [3.8, 4) is 0 Å². The van der Waals surface area contributed by atoms with Gasteiger partial charge in [-0.05, 0) is 19.3 Å². The van der Waals surface area contributed by atoms with Gasteiger partial charge in [0, 0.05) is 6.04 Å². The van der Waals surface area contributed by atoms with Crippen LogP contribution in [0.2, 0.25) is 0 Å². The Morgan fingerprint density at radius 1 is 1.25 bits per heavy atom. The van der Waals surface area contributed by atoms with E-state index in [0.29, 0.717) is 12.3 Å². The molecule has 2 amide bonds. The number of nitrogens with two attached hydrogens (primary N) is 1. The zero-order valence-corrected chi connectivity index (χ0v) is 13.9. The summed E-state index contributed by atoms with van der Waals surface area (Å²) in [7, 11) is 0. The molecule has 0 spiro atoms. The Kier molecular flexibility index (Phi) is 8.66. The van der Waals surface area contributed by atoms with E-state index in [9.17, 15) is 19.5 Å². The first-order chi connectivity index (χ1) is 11.3. The van der Waals surface area contributed by atoms with Gasteiger partial charge in [-0.15, -0.1) is 0 Å². The van der Waals surface area contributed by atoms with E-state index < -0.39 is 42.6 Å². The highest BCUT2D eigenvalue weighted by molar-refractivity contribution is 5.84. The Morgan fingerprint density at radius 3 is 2.46 bits per heavy atom. The molecule has 0 saturated heterocycles. The lowest BCUT2D eigenvalue weighted by Crippen LogP contribution is -2.48. The molecule has 3 atom stereocenters. The van der Waals surface area contributed by atoms with Gasteiger partial charge in [0.15, 0.2) is 6.61 Å². The van der Waals surface area contributed by atoms with Gasteiger partial charge in [-0.1, -0.05) is 32.1 Å². The van der Waals surface area contributed by atoms with Crippen LogP contribution in [0.1, 0.15) is 45.4 Å². The Labute approximate surface area is 140 Å². The van der Waals surface area contributed by atoms with Gasteiger partial charge in [0.25, 0.3) is 5.91 Å². The quantitative estimate of drug-likeness (QED) is 0.346. The third kappa shape index (κ3) is 7.24. The average Bonchev–Trinajstić information content (AvgIpc) is 2.54. The van der Waals surface area contributed by atoms with E-state index in [2.05, 4.69) is 10.2 Å². The first kappa shape index (κ1) is 20.3. The summed E-state index contributed by atoms with van der Waals surface area (Å²) < 4.78 is 0. The summed E-state index contributed by atoms with van der Waals surface area (Å²) in [5.74, 6) is -2.29. The molecule has 1 rings (SSSR count). The molecule has 1 unspecified atom stereocenters. The Hall–Kier alpha value is -1.71. The largest absolute Gasteiger partial charge is 0.480 e. The predicted octanol–water partition coefficient (Wildman–Crippen LogP) is -0.718. The van der Waals surface area contributed by atoms with Crippen LogP contribution in [0.4, 0.5) is 0 Å². The van der Waals surface area contributed by atoms with E-state index in [1.54, 1.807) is 0 Å². The van der Waals surface area contributed by atoms with Crippen molar-refractivity contribution in [3.63, 3.8) is 0 Å². The van der Waals surface area contributed by atoms with Crippen molar-refractivity contribution < 1.29 is 29.4 Å². The SMILES string of the molecule is C[C@H](NC(=O)CONC(=O)C(O)[C@H](N)CC1CCCCC1)C(=O)O. The van der Waals surface area contributed by atoms with Gasteiger partial charge in [0.1, 0.15) is 12.1 Å². The van der Waals surface area contributed by atoms with Crippen molar-refractivity contribution in [2.24, 2.45) is 11.7 Å². The number of carbonyl (C=O) groups is 3. The fourth-order valence-electron chi connectivity index (χ4n) is 2.71. The zero-order valence-electron chi connectivity index (χ0n) is 13.9. The minimum atomic E-state index is -1.42. The molecule has 1 saturated carbocycles. The first-order valence-corrected chi connectivity index (χ1v) is 8.18. The lowest BCUT2D eigenvalue weighted by atomic mass is 9.84. The van der Waals surface area contributed by atoms with Crippen molar-refractivity contribution in [2.45, 2.75) is 63.6 Å². The average molecular weight is 345 g/mol. The molecule has 138 valence electrons. The molecule has 1 fully saturated rings. The number of aliphatic hydroxyl groups is 1. The highest BCUT2D eigenvalue weighted by Gasteiger charge is 2.27. The van der Waals surface area contributed by atoms with Crippen LogP contribution in [0.15, 0.2) is 0 Å². The van der Waals surface area contributed by atoms with Crippen molar-refractivity contribution >= 4 is 17.8 Å². The summed E-state index contributed by atoms with van der Waals surface area (Å²) >= 11 is 0. The molecule has 1 aliphatic carbocycles. The van der Waals surface area contributed by atoms with E-state index >= 15 is 0 Å². The van der Waals surface area contributed by atoms with Gasteiger partial charge in [-0.25, -0.2) is 5.48 Å². The Balaban J connectivity index is 2.25. The van der Waals surface area contributed by atoms with E-state index in [4.69, 9.17) is 10.8 Å². The molecule has 0 aromatic carbocycles. The maximum atomic E-state index is 11.7. The van der Waals surface area contributed by atoms with Gasteiger partial charge in [0.2, 0.25) is 5.91 Å². The molecule has 9 nitrogen and oxygen atoms in total. The van der Waals surface area contributed by atoms with Crippen LogP contribution in [0.5, 0.6) is 0 Å². The Morgan fingerprint density at radius 2 is 1.88 bits per heavy atom. The van der Waals surface area contributed by atoms with Crippen LogP contribution in [0.25, 0.3) is 0 Å². The highest BCUT2D eigenvalue weighted by atomic mass is 16.7. The molecular weight excluding hydrogens is 318 g/mol. The zero-order chi connectivity index (χ0) is 18.1. The number of carboxylic acids is 1. The van der Waals surface area contributed by atoms with Gasteiger partial charge in [-0.3, -0.25) is 19.2 Å². The number of nitrogens with one attached hydrogen (secondary N) is 2. The number of amides is 2. The number of aliphatic hydroxyl groups excluding tert-OH is 1. The fourth-order valence-corrected chi connectivity index (χ4v) is 2.71. The van der Waals surface area contributed by atoms with Crippen LogP contribution in [0, 0.1) is 5.92 Å². The number of carbonyl (C=O) groups excluding carboxylic acids is 2. The maximum Gasteiger partial charge on any atom is 0.325 e. The van der Waals surface area contributed by atoms with Crippen LogP contribution in [-0.4, -0.2) is 52.8 Å². The second kappa shape index (κ2) is 10.2. The van der Waals surface area contributed by atoms with Crippen molar-refractivity contribution in [1.82, 2.24) is 10.8 Å². The molecular formula is C15H27N3O6. The summed E-state index contributed by atoms with van der Waals surface area (Å²) in [6.07, 6.45) is 4.75. The monoisotopic (exact) mass is 345 g/mol. The predicted molar refractivity (Wildman–Crippen MR) is 84.5 cm³/mol. The smallest absolute Gasteiger partial charge is 0.325 e. The van der Waals surface area contributed by atoms with Crippen molar-refractivity contribution in [1.29, 1.82) is 0 Å².